The summed E-state index contributed by atoms with van der Waals surface area (Å²) in [5.41, 5.74) is 0.730. The van der Waals surface area contributed by atoms with Gasteiger partial charge in [-0.25, -0.2) is 0 Å². The minimum Gasteiger partial charge on any atom is -0.322 e. The van der Waals surface area contributed by atoms with Crippen LogP contribution in [-0.2, 0) is 19.2 Å². The molecule has 0 radical (unpaired) electrons. The second-order valence-electron chi connectivity index (χ2n) is 3.53. The molecule has 0 aromatic heterocycles. The molecule has 7 heteroatoms. The molecule has 1 aromatic rings. The lowest BCUT2D eigenvalue weighted by molar-refractivity contribution is -0.412. The lowest BCUT2D eigenvalue weighted by atomic mass is 10.2. The van der Waals surface area contributed by atoms with Gasteiger partial charge in [0.1, 0.15) is 0 Å². The first-order valence-electron chi connectivity index (χ1n) is 5.26. The summed E-state index contributed by atoms with van der Waals surface area (Å²) in [6.45, 7) is 1.96. The van der Waals surface area contributed by atoms with Crippen molar-refractivity contribution in [1.29, 1.82) is 0 Å². The van der Waals surface area contributed by atoms with Gasteiger partial charge in [-0.15, -0.1) is 0 Å². The second kappa shape index (κ2) is 5.51. The van der Waals surface area contributed by atoms with Gasteiger partial charge in [-0.2, -0.15) is 9.78 Å². The molecule has 0 spiro atoms. The van der Waals surface area contributed by atoms with E-state index in [0.29, 0.717) is 0 Å². The van der Waals surface area contributed by atoms with Gasteiger partial charge in [0.05, 0.1) is 0 Å². The van der Waals surface area contributed by atoms with E-state index < -0.39 is 16.1 Å². The molecule has 1 aliphatic heterocycles. The first kappa shape index (κ1) is 14.3. The smallest absolute Gasteiger partial charge is 0.322 e. The third kappa shape index (κ3) is 2.75. The predicted octanol–water partition coefficient (Wildman–Crippen LogP) is 3.72. The molecule has 1 aliphatic rings. The summed E-state index contributed by atoms with van der Waals surface area (Å²) in [6.07, 6.45) is -0.812. The van der Waals surface area contributed by atoms with E-state index in [1.165, 1.54) is 0 Å². The normalized spacial score (nSPS) is 28.6. The lowest BCUT2D eigenvalue weighted by Gasteiger charge is -2.30. The van der Waals surface area contributed by atoms with Crippen LogP contribution in [0.25, 0.3) is 0 Å². The number of halogens is 3. The van der Waals surface area contributed by atoms with Crippen LogP contribution >= 0.6 is 34.8 Å². The molecule has 0 aliphatic carbocycles. The Morgan fingerprint density at radius 1 is 1.28 bits per heavy atom. The Hall–Kier alpha value is -0.0700. The van der Waals surface area contributed by atoms with Crippen LogP contribution < -0.4 is 0 Å². The zero-order valence-electron chi connectivity index (χ0n) is 9.44. The minimum absolute atomic E-state index is 0.235. The molecule has 1 aromatic carbocycles. The van der Waals surface area contributed by atoms with Crippen molar-refractivity contribution < 1.29 is 19.2 Å². The highest BCUT2D eigenvalue weighted by Gasteiger charge is 2.60. The average Bonchev–Trinajstić information content (AvgIpc) is 2.76. The SMILES string of the molecule is CCOC1(C(Cl)(Cl)Cl)OOC(c2ccccc2)O1. The van der Waals surface area contributed by atoms with Crippen molar-refractivity contribution in [3.63, 3.8) is 0 Å². The van der Waals surface area contributed by atoms with E-state index in [0.717, 1.165) is 5.56 Å². The molecule has 2 unspecified atom stereocenters. The third-order valence-electron chi connectivity index (χ3n) is 2.26. The van der Waals surface area contributed by atoms with Crippen molar-refractivity contribution in [2.45, 2.75) is 23.0 Å². The van der Waals surface area contributed by atoms with Gasteiger partial charge in [-0.3, -0.25) is 4.74 Å². The molecular weight excluding hydrogens is 302 g/mol. The summed E-state index contributed by atoms with van der Waals surface area (Å²) >= 11 is 17.4. The van der Waals surface area contributed by atoms with Gasteiger partial charge in [-0.05, 0) is 6.92 Å². The average molecular weight is 314 g/mol. The van der Waals surface area contributed by atoms with Crippen molar-refractivity contribution in [3.05, 3.63) is 35.9 Å². The fourth-order valence-electron chi connectivity index (χ4n) is 1.46. The van der Waals surface area contributed by atoms with Crippen LogP contribution in [0.1, 0.15) is 18.8 Å². The number of rotatable bonds is 3. The maximum atomic E-state index is 5.80. The highest BCUT2D eigenvalue weighted by molar-refractivity contribution is 6.68. The van der Waals surface area contributed by atoms with Gasteiger partial charge in [0, 0.05) is 12.2 Å². The maximum absolute atomic E-state index is 5.80. The molecule has 18 heavy (non-hydrogen) atoms. The molecule has 1 heterocycles. The quantitative estimate of drug-likeness (QED) is 0.629. The first-order chi connectivity index (χ1) is 8.48. The Morgan fingerprint density at radius 2 is 1.94 bits per heavy atom. The molecule has 4 nitrogen and oxygen atoms in total. The Bertz CT molecular complexity index is 395. The molecule has 2 rings (SSSR count). The number of hydrogen-bond acceptors (Lipinski definition) is 4. The zero-order chi connectivity index (χ0) is 13.2. The van der Waals surface area contributed by atoms with Crippen LogP contribution in [0.15, 0.2) is 30.3 Å². The van der Waals surface area contributed by atoms with E-state index in [9.17, 15) is 0 Å². The summed E-state index contributed by atoms with van der Waals surface area (Å²) in [4.78, 5) is 10.0. The van der Waals surface area contributed by atoms with Crippen molar-refractivity contribution in [3.8, 4) is 0 Å². The van der Waals surface area contributed by atoms with Crippen LogP contribution in [0, 0.1) is 0 Å². The highest BCUT2D eigenvalue weighted by Crippen LogP contribution is 2.49. The molecule has 0 bridgehead atoms. The number of benzene rings is 1. The number of alkyl halides is 3. The van der Waals surface area contributed by atoms with Crippen LogP contribution in [-0.4, -0.2) is 16.4 Å². The van der Waals surface area contributed by atoms with E-state index >= 15 is 0 Å². The van der Waals surface area contributed by atoms with Gasteiger partial charge < -0.3 is 4.74 Å². The topological polar surface area (TPSA) is 36.9 Å². The molecule has 2 atom stereocenters. The molecule has 0 saturated carbocycles. The molecule has 0 amide bonds. The van der Waals surface area contributed by atoms with Crippen LogP contribution in [0.3, 0.4) is 0 Å². The predicted molar refractivity (Wildman–Crippen MR) is 67.1 cm³/mol. The number of ether oxygens (including phenoxy) is 2. The van der Waals surface area contributed by atoms with Crippen molar-refractivity contribution >= 4 is 34.8 Å². The van der Waals surface area contributed by atoms with Crippen LogP contribution in [0.2, 0.25) is 0 Å². The highest BCUT2D eigenvalue weighted by atomic mass is 35.6. The van der Waals surface area contributed by atoms with E-state index in [1.54, 1.807) is 19.1 Å². The van der Waals surface area contributed by atoms with Crippen molar-refractivity contribution in [2.75, 3.05) is 6.61 Å². The van der Waals surface area contributed by atoms with E-state index in [-0.39, 0.29) is 6.61 Å². The van der Waals surface area contributed by atoms with Crippen LogP contribution in [0.4, 0.5) is 0 Å². The Labute approximate surface area is 120 Å². The Morgan fingerprint density at radius 3 is 2.50 bits per heavy atom. The minimum atomic E-state index is -1.94. The fraction of sp³-hybridized carbons (Fsp3) is 0.455. The molecule has 100 valence electrons. The summed E-state index contributed by atoms with van der Waals surface area (Å²) < 4.78 is 8.78. The first-order valence-corrected chi connectivity index (χ1v) is 6.40. The maximum Gasteiger partial charge on any atom is 0.363 e. The van der Waals surface area contributed by atoms with Gasteiger partial charge in [-0.1, -0.05) is 65.1 Å². The Kier molecular flexibility index (Phi) is 4.39. The van der Waals surface area contributed by atoms with Crippen molar-refractivity contribution in [2.24, 2.45) is 0 Å². The standard InChI is InChI=1S/C11H11Cl3O4/c1-2-15-11(10(12,13)14)16-9(17-18-11)8-6-4-3-5-7-8/h3-7,9H,2H2,1H3. The molecule has 1 saturated heterocycles. The zero-order valence-corrected chi connectivity index (χ0v) is 11.7. The summed E-state index contributed by atoms with van der Waals surface area (Å²) in [7, 11) is 0. The van der Waals surface area contributed by atoms with E-state index in [4.69, 9.17) is 54.1 Å². The van der Waals surface area contributed by atoms with Crippen LogP contribution in [0.5, 0.6) is 0 Å². The fourth-order valence-corrected chi connectivity index (χ4v) is 1.86. The monoisotopic (exact) mass is 312 g/mol. The number of hydrogen-bond donors (Lipinski definition) is 0. The molecule has 0 N–H and O–H groups in total. The second-order valence-corrected chi connectivity index (χ2v) is 5.81. The van der Waals surface area contributed by atoms with E-state index in [1.807, 2.05) is 18.2 Å². The van der Waals surface area contributed by atoms with Gasteiger partial charge in [0.2, 0.25) is 6.29 Å². The van der Waals surface area contributed by atoms with Gasteiger partial charge >= 0.3 is 5.97 Å². The summed E-state index contributed by atoms with van der Waals surface area (Å²) in [5.74, 6) is -1.87. The van der Waals surface area contributed by atoms with Gasteiger partial charge in [0.15, 0.2) is 0 Å². The summed E-state index contributed by atoms with van der Waals surface area (Å²) in [6, 6.07) is 9.13. The molecular formula is C11H11Cl3O4. The van der Waals surface area contributed by atoms with E-state index in [2.05, 4.69) is 0 Å². The summed E-state index contributed by atoms with van der Waals surface area (Å²) in [5, 5.41) is 0. The lowest BCUT2D eigenvalue weighted by Crippen LogP contribution is -2.46. The van der Waals surface area contributed by atoms with Gasteiger partial charge in [0.25, 0.3) is 3.79 Å². The molecule has 1 fully saturated rings. The third-order valence-corrected chi connectivity index (χ3v) is 2.96. The van der Waals surface area contributed by atoms with Crippen molar-refractivity contribution in [1.82, 2.24) is 0 Å². The Balaban J connectivity index is 2.19. The largest absolute Gasteiger partial charge is 0.363 e.